The zero-order chi connectivity index (χ0) is 101. The third-order valence-electron chi connectivity index (χ3n) is 30.5. The summed E-state index contributed by atoms with van der Waals surface area (Å²) in [4.78, 5) is 8.78. The highest BCUT2D eigenvalue weighted by Gasteiger charge is 2.42. The summed E-state index contributed by atoms with van der Waals surface area (Å²) in [7, 11) is 4.12. The number of nitrogens with one attached hydrogen (secondary N) is 3. The van der Waals surface area contributed by atoms with Gasteiger partial charge in [0.05, 0.1) is 25.7 Å². The molecule has 0 amide bonds. The van der Waals surface area contributed by atoms with Gasteiger partial charge < -0.3 is 45.2 Å². The lowest BCUT2D eigenvalue weighted by atomic mass is 9.71. The van der Waals surface area contributed by atoms with E-state index >= 15 is 0 Å². The predicted octanol–water partition coefficient (Wildman–Crippen LogP) is 28.9. The summed E-state index contributed by atoms with van der Waals surface area (Å²) < 4.78 is 85.4. The minimum absolute atomic E-state index is 0.0103. The van der Waals surface area contributed by atoms with Crippen LogP contribution in [0.3, 0.4) is 0 Å². The van der Waals surface area contributed by atoms with E-state index in [2.05, 4.69) is 370 Å². The van der Waals surface area contributed by atoms with Crippen LogP contribution in [0.25, 0.3) is 0 Å². The predicted molar refractivity (Wildman–Crippen MR) is 567 cm³/mol. The molecule has 2 bridgehead atoms. The van der Waals surface area contributed by atoms with Gasteiger partial charge in [0.2, 0.25) is 0 Å². The van der Waals surface area contributed by atoms with Crippen LogP contribution in [0.4, 0.5) is 26.3 Å². The average Bonchev–Trinajstić information content (AvgIpc) is 0.946. The number of alkyl halides is 6. The summed E-state index contributed by atoms with van der Waals surface area (Å²) in [6.07, 6.45) is 6.65. The number of halogens is 6. The summed E-state index contributed by atoms with van der Waals surface area (Å²) in [5, 5.41) is 19.6. The maximum absolute atomic E-state index is 12.4. The first-order valence-electron chi connectivity index (χ1n) is 52.6. The van der Waals surface area contributed by atoms with E-state index in [1.807, 2.05) is 4.90 Å². The second kappa shape index (κ2) is 49.7. The molecule has 8 aliphatic rings. The van der Waals surface area contributed by atoms with E-state index in [0.29, 0.717) is 42.2 Å². The van der Waals surface area contributed by atoms with Gasteiger partial charge in [0.15, 0.2) is 6.10 Å². The lowest BCUT2D eigenvalue weighted by Crippen LogP contribution is -2.49. The van der Waals surface area contributed by atoms with Gasteiger partial charge in [-0.1, -0.05) is 323 Å². The molecule has 8 aliphatic heterocycles. The van der Waals surface area contributed by atoms with Crippen molar-refractivity contribution in [2.24, 2.45) is 5.41 Å². The van der Waals surface area contributed by atoms with Crippen molar-refractivity contribution in [1.82, 2.24) is 35.6 Å². The number of fused-ring (bicyclic) bond motifs is 2. The van der Waals surface area contributed by atoms with E-state index in [1.54, 1.807) is 17.6 Å². The number of morpholine rings is 1. The highest BCUT2D eigenvalue weighted by molar-refractivity contribution is 5.43. The molecule has 0 saturated carbocycles. The highest BCUT2D eigenvalue weighted by Crippen LogP contribution is 2.45. The summed E-state index contributed by atoms with van der Waals surface area (Å²) in [5.74, 6) is 4.83. The molecule has 0 radical (unpaired) electrons. The van der Waals surface area contributed by atoms with Crippen molar-refractivity contribution in [2.75, 3.05) is 112 Å². The SMILES string of the molecule is CC(C)(C)c1ccc(C2CCCNCC2)cc1.CC(C)(C)c1ccc(C2CCN(CC(O)C(F)(F)F)CC2)cc1.CC(C)(C)c1ccc(C2CCN(CCC(F)(F)F)CC2)cc1.CC(C)(C)c1ccc(C2CCNCC2(C)C)cc1.CC1(C)CN(Cc2ccc(C(C)(C)C)cc2)CCO1.CN1[C@@H]2CCC[C@H]1CC(c1ccc(C(C)(C)C)cc1)C2.COc1cc(C(C)(C)C)ccc1C1CCNCC1. The molecule has 7 aromatic rings. The first-order chi connectivity index (χ1) is 63.8. The van der Waals surface area contributed by atoms with Crippen LogP contribution in [0.2, 0.25) is 0 Å². The normalized spacial score (nSPS) is 22.0. The lowest BCUT2D eigenvalue weighted by molar-refractivity contribution is -0.208. The van der Waals surface area contributed by atoms with Gasteiger partial charge in [0.25, 0.3) is 0 Å². The van der Waals surface area contributed by atoms with Crippen molar-refractivity contribution < 1.29 is 40.9 Å². The van der Waals surface area contributed by atoms with Gasteiger partial charge in [-0.05, 0) is 332 Å². The standard InChI is InChI=1S/C19H29N.C18H26F3NO.C18H26F3N.C17H27NO.C17H27N.C16H25NO.C16H25N/c1-19(2,3)16-10-8-14(9-11-16)15-12-17-6-5-7-18(13-15)20(17)4;1-17(2,3)15-6-4-13(5-7-15)14-8-10-22(11-9-14)12-16(23)18(19,20)21;1-17(2,3)16-6-4-14(5-7-16)15-8-11-22(12-9-15)13-10-18(19,20)21;1-16(2,3)15-8-6-14(7-9-15)12-18-10-11-19-17(4,5)13-18;1-16(2,3)14-8-6-13(7-9-14)15-10-11-18-12-17(15,4)5;1-16(2,3)13-5-6-14(15(11-13)18-4)12-7-9-17-10-8-12;1-16(2,3)15-8-6-14(7-9-15)13-5-4-11-17-12-10-13/h8-11,15,17-18H,5-7,12-13H2,1-4H3;4-7,14,16,23H,8-12H2,1-3H3;4-7,15H,8-13H2,1-3H3;6-9H,10-13H2,1-5H3;6-9,15,18H,10-12H2,1-5H3;5-6,11-12,17H,7-10H2,1-4H3;6-9,13,17H,4-5,10-12H2,1-3H3/t15?,17-,18+;;;;;;. The number of piperidine rings is 6. The number of β-amino-alcohol motifs (C(OH)–C–C–N with tert-alkyl or cyclic N) is 1. The smallest absolute Gasteiger partial charge is 0.415 e. The fourth-order valence-electron chi connectivity index (χ4n) is 21.1. The van der Waals surface area contributed by atoms with Gasteiger partial charge in [-0.15, -0.1) is 0 Å². The Hall–Kier alpha value is -6.44. The molecule has 4 unspecified atom stereocenters. The number of ether oxygens (including phenoxy) is 2. The van der Waals surface area contributed by atoms with Gasteiger partial charge in [0, 0.05) is 51.4 Å². The van der Waals surface area contributed by atoms with Crippen LogP contribution in [0.1, 0.15) is 389 Å². The maximum Gasteiger partial charge on any atom is 0.415 e. The monoisotopic (exact) mass is 1900 g/mol. The molecular weight excluding hydrogens is 1710 g/mol. The summed E-state index contributed by atoms with van der Waals surface area (Å²) in [6, 6.07) is 62.9. The molecule has 0 aromatic heterocycles. The van der Waals surface area contributed by atoms with Crippen molar-refractivity contribution in [1.29, 1.82) is 0 Å². The zero-order valence-electron chi connectivity index (χ0n) is 90.2. The number of benzene rings is 7. The number of hydrogen-bond donors (Lipinski definition) is 4. The Morgan fingerprint density at radius 1 is 0.394 bits per heavy atom. The number of nitrogens with zero attached hydrogens (tertiary/aromatic N) is 4. The van der Waals surface area contributed by atoms with E-state index in [4.69, 9.17) is 14.6 Å². The molecule has 8 fully saturated rings. The Morgan fingerprint density at radius 2 is 0.759 bits per heavy atom. The number of aliphatic hydroxyl groups excluding tert-OH is 1. The highest BCUT2D eigenvalue weighted by atomic mass is 19.4. The molecular formula is C121H185F6N7O3. The summed E-state index contributed by atoms with van der Waals surface area (Å²) in [5.41, 5.74) is 21.5. The molecule has 10 nitrogen and oxygen atoms in total. The molecule has 0 aliphatic carbocycles. The fraction of sp³-hybridized carbons (Fsp3) is 0.653. The molecule has 0 spiro atoms. The first-order valence-corrected chi connectivity index (χ1v) is 52.6. The third-order valence-corrected chi connectivity index (χ3v) is 30.5. The van der Waals surface area contributed by atoms with Crippen LogP contribution in [-0.2, 0) is 49.2 Å². The van der Waals surface area contributed by atoms with Gasteiger partial charge in [-0.2, -0.15) is 26.3 Å². The van der Waals surface area contributed by atoms with Gasteiger partial charge in [0.1, 0.15) is 5.75 Å². The molecule has 15 rings (SSSR count). The van der Waals surface area contributed by atoms with E-state index in [0.717, 1.165) is 121 Å². The van der Waals surface area contributed by atoms with Crippen LogP contribution in [0.15, 0.2) is 164 Å². The second-order valence-corrected chi connectivity index (χ2v) is 49.9. The van der Waals surface area contributed by atoms with E-state index < -0.39 is 24.9 Å². The van der Waals surface area contributed by atoms with Crippen LogP contribution < -0.4 is 20.7 Å². The minimum Gasteiger partial charge on any atom is -0.496 e. The van der Waals surface area contributed by atoms with Gasteiger partial charge >= 0.3 is 12.4 Å². The Bertz CT molecular complexity index is 4620. The molecule has 7 aromatic carbocycles. The fourth-order valence-corrected chi connectivity index (χ4v) is 21.1. The molecule has 8 saturated heterocycles. The number of likely N-dealkylation sites (tertiary alicyclic amines) is 2. The molecule has 764 valence electrons. The maximum atomic E-state index is 12.4. The number of hydrogen-bond acceptors (Lipinski definition) is 10. The molecule has 6 atom stereocenters. The van der Waals surface area contributed by atoms with Crippen molar-refractivity contribution in [3.05, 3.63) is 242 Å². The Morgan fingerprint density at radius 3 is 1.15 bits per heavy atom. The second-order valence-electron chi connectivity index (χ2n) is 49.9. The molecule has 16 heteroatoms. The van der Waals surface area contributed by atoms with Crippen molar-refractivity contribution in [3.8, 4) is 5.75 Å². The summed E-state index contributed by atoms with van der Waals surface area (Å²) >= 11 is 0. The third kappa shape index (κ3) is 36.7. The van der Waals surface area contributed by atoms with E-state index in [9.17, 15) is 26.3 Å². The van der Waals surface area contributed by atoms with Crippen molar-refractivity contribution in [2.45, 2.75) is 392 Å². The first kappa shape index (κ1) is 114. The van der Waals surface area contributed by atoms with Crippen LogP contribution >= 0.6 is 0 Å². The Kier molecular flexibility index (Phi) is 41.4. The quantitative estimate of drug-likeness (QED) is 0.0838. The Labute approximate surface area is 828 Å². The average molecular weight is 1900 g/mol. The molecule has 137 heavy (non-hydrogen) atoms. The topological polar surface area (TPSA) is 87.7 Å². The summed E-state index contributed by atoms with van der Waals surface area (Å²) in [6.45, 7) is 69.5. The largest absolute Gasteiger partial charge is 0.496 e. The van der Waals surface area contributed by atoms with Gasteiger partial charge in [-0.25, -0.2) is 0 Å². The Balaban J connectivity index is 0.000000179. The van der Waals surface area contributed by atoms with Crippen molar-refractivity contribution in [3.63, 3.8) is 0 Å². The molecule has 4 N–H and O–H groups in total. The molecule has 8 heterocycles. The van der Waals surface area contributed by atoms with Crippen LogP contribution in [0, 0.1) is 5.41 Å². The number of methoxy groups -OCH3 is 1. The van der Waals surface area contributed by atoms with Crippen molar-refractivity contribution >= 4 is 0 Å². The zero-order valence-corrected chi connectivity index (χ0v) is 90.2. The van der Waals surface area contributed by atoms with Gasteiger partial charge in [-0.3, -0.25) is 4.90 Å². The number of aliphatic hydroxyl groups is 1. The minimum atomic E-state index is -4.53. The lowest BCUT2D eigenvalue weighted by Gasteiger charge is -2.47. The van der Waals surface area contributed by atoms with E-state index in [-0.39, 0.29) is 56.6 Å². The van der Waals surface area contributed by atoms with Crippen LogP contribution in [-0.4, -0.2) is 173 Å². The number of rotatable bonds is 13. The van der Waals surface area contributed by atoms with Crippen LogP contribution in [0.5, 0.6) is 5.75 Å². The van der Waals surface area contributed by atoms with E-state index in [1.165, 1.54) is 156 Å².